The first kappa shape index (κ1) is 17.9. The zero-order valence-corrected chi connectivity index (χ0v) is 14.1. The number of aliphatic carboxylic acids is 1. The van der Waals surface area contributed by atoms with Gasteiger partial charge in [-0.3, -0.25) is 14.9 Å². The van der Waals surface area contributed by atoms with Crippen LogP contribution in [0.2, 0.25) is 4.34 Å². The number of carboxylic acid groups (broad SMARTS) is 1. The summed E-state index contributed by atoms with van der Waals surface area (Å²) in [6.07, 6.45) is 1.20. The predicted molar refractivity (Wildman–Crippen MR) is 84.8 cm³/mol. The van der Waals surface area contributed by atoms with Gasteiger partial charge in [0.2, 0.25) is 5.91 Å². The molecule has 1 unspecified atom stereocenters. The number of amides is 1. The molecule has 1 aromatic heterocycles. The minimum Gasteiger partial charge on any atom is -0.480 e. The highest BCUT2D eigenvalue weighted by molar-refractivity contribution is 7.16. The van der Waals surface area contributed by atoms with E-state index in [0.29, 0.717) is 17.3 Å². The van der Waals surface area contributed by atoms with Crippen molar-refractivity contribution in [2.45, 2.75) is 38.8 Å². The van der Waals surface area contributed by atoms with E-state index in [1.165, 1.54) is 11.3 Å². The van der Waals surface area contributed by atoms with Crippen molar-refractivity contribution >= 4 is 34.8 Å². The monoisotopic (exact) mass is 332 g/mol. The lowest BCUT2D eigenvalue weighted by atomic mass is 9.96. The van der Waals surface area contributed by atoms with Gasteiger partial charge in [0, 0.05) is 11.9 Å². The highest BCUT2D eigenvalue weighted by Crippen LogP contribution is 2.22. The molecule has 0 saturated carbocycles. The van der Waals surface area contributed by atoms with E-state index in [2.05, 4.69) is 5.32 Å². The van der Waals surface area contributed by atoms with Crippen LogP contribution in [0.1, 0.15) is 31.6 Å². The van der Waals surface area contributed by atoms with Crippen LogP contribution in [0.5, 0.6) is 0 Å². The van der Waals surface area contributed by atoms with Gasteiger partial charge in [-0.05, 0) is 25.5 Å². The van der Waals surface area contributed by atoms with Crippen molar-refractivity contribution in [1.29, 1.82) is 0 Å². The first-order chi connectivity index (χ1) is 9.78. The van der Waals surface area contributed by atoms with Gasteiger partial charge in [-0.1, -0.05) is 24.9 Å². The molecule has 0 bridgehead atoms. The Morgan fingerprint density at radius 2 is 2.14 bits per heavy atom. The molecule has 0 spiro atoms. The third-order valence-electron chi connectivity index (χ3n) is 3.30. The van der Waals surface area contributed by atoms with Gasteiger partial charge in [-0.25, -0.2) is 0 Å². The third kappa shape index (κ3) is 5.30. The van der Waals surface area contributed by atoms with E-state index in [1.54, 1.807) is 24.9 Å². The zero-order chi connectivity index (χ0) is 16.0. The number of halogens is 1. The van der Waals surface area contributed by atoms with Gasteiger partial charge in [0.1, 0.15) is 5.54 Å². The molecule has 21 heavy (non-hydrogen) atoms. The maximum absolute atomic E-state index is 12.1. The van der Waals surface area contributed by atoms with Gasteiger partial charge in [-0.15, -0.1) is 11.3 Å². The fourth-order valence-electron chi connectivity index (χ4n) is 1.94. The predicted octanol–water partition coefficient (Wildman–Crippen LogP) is 2.59. The summed E-state index contributed by atoms with van der Waals surface area (Å²) in [4.78, 5) is 25.9. The van der Waals surface area contributed by atoms with Gasteiger partial charge in [-0.2, -0.15) is 0 Å². The Bertz CT molecular complexity index is 506. The molecule has 0 fully saturated rings. The minimum atomic E-state index is -1.07. The van der Waals surface area contributed by atoms with Crippen LogP contribution in [-0.4, -0.2) is 41.0 Å². The van der Waals surface area contributed by atoms with E-state index >= 15 is 0 Å². The normalized spacial score (nSPS) is 13.7. The molecule has 1 atom stereocenters. The van der Waals surface area contributed by atoms with Gasteiger partial charge in [0.05, 0.1) is 17.4 Å². The highest BCUT2D eigenvalue weighted by atomic mass is 35.5. The number of nitrogens with one attached hydrogen (secondary N) is 1. The van der Waals surface area contributed by atoms with E-state index in [9.17, 15) is 14.7 Å². The van der Waals surface area contributed by atoms with Crippen molar-refractivity contribution in [3.63, 3.8) is 0 Å². The second-order valence-corrected chi connectivity index (χ2v) is 7.00. The molecular formula is C14H21ClN2O3S. The molecule has 1 amide bonds. The molecule has 5 nitrogen and oxygen atoms in total. The van der Waals surface area contributed by atoms with Crippen LogP contribution in [-0.2, 0) is 16.1 Å². The van der Waals surface area contributed by atoms with Crippen LogP contribution < -0.4 is 5.32 Å². The van der Waals surface area contributed by atoms with E-state index < -0.39 is 11.5 Å². The van der Waals surface area contributed by atoms with E-state index in [0.717, 1.165) is 11.3 Å². The van der Waals surface area contributed by atoms with Crippen LogP contribution >= 0.6 is 22.9 Å². The molecule has 0 aliphatic heterocycles. The Morgan fingerprint density at radius 3 is 2.62 bits per heavy atom. The second kappa shape index (κ2) is 7.77. The maximum Gasteiger partial charge on any atom is 0.323 e. The number of hydrogen-bond acceptors (Lipinski definition) is 4. The summed E-state index contributed by atoms with van der Waals surface area (Å²) in [6.45, 7) is 3.98. The SMILES string of the molecule is CCCC(C)(NCC(=O)N(C)Cc1ccc(Cl)s1)C(=O)O. The number of thiophene rings is 1. The molecule has 0 radical (unpaired) electrons. The first-order valence-electron chi connectivity index (χ1n) is 6.75. The van der Waals surface area contributed by atoms with Crippen molar-refractivity contribution in [2.75, 3.05) is 13.6 Å². The second-order valence-electron chi connectivity index (χ2n) is 5.20. The molecule has 1 aromatic rings. The van der Waals surface area contributed by atoms with Crippen molar-refractivity contribution < 1.29 is 14.7 Å². The van der Waals surface area contributed by atoms with Gasteiger partial charge in [0.15, 0.2) is 0 Å². The Labute approximate surface area is 133 Å². The Balaban J connectivity index is 2.53. The lowest BCUT2D eigenvalue weighted by Gasteiger charge is -2.27. The highest BCUT2D eigenvalue weighted by Gasteiger charge is 2.32. The van der Waals surface area contributed by atoms with Crippen LogP contribution in [0.15, 0.2) is 12.1 Å². The van der Waals surface area contributed by atoms with Crippen molar-refractivity contribution in [3.05, 3.63) is 21.3 Å². The third-order valence-corrected chi connectivity index (χ3v) is 4.52. The fourth-order valence-corrected chi connectivity index (χ4v) is 3.08. The van der Waals surface area contributed by atoms with Crippen LogP contribution in [0.3, 0.4) is 0 Å². The van der Waals surface area contributed by atoms with Crippen molar-refractivity contribution in [2.24, 2.45) is 0 Å². The molecule has 1 rings (SSSR count). The summed E-state index contributed by atoms with van der Waals surface area (Å²) >= 11 is 7.28. The van der Waals surface area contributed by atoms with E-state index in [4.69, 9.17) is 11.6 Å². The molecular weight excluding hydrogens is 312 g/mol. The lowest BCUT2D eigenvalue weighted by Crippen LogP contribution is -2.52. The zero-order valence-electron chi connectivity index (χ0n) is 12.5. The van der Waals surface area contributed by atoms with Crippen molar-refractivity contribution in [1.82, 2.24) is 10.2 Å². The topological polar surface area (TPSA) is 69.6 Å². The Morgan fingerprint density at radius 1 is 1.48 bits per heavy atom. The number of carbonyl (C=O) groups is 2. The number of nitrogens with zero attached hydrogens (tertiary/aromatic N) is 1. The average molecular weight is 333 g/mol. The Hall–Kier alpha value is -1.11. The van der Waals surface area contributed by atoms with Crippen LogP contribution in [0, 0.1) is 0 Å². The van der Waals surface area contributed by atoms with E-state index in [-0.39, 0.29) is 12.5 Å². The van der Waals surface area contributed by atoms with E-state index in [1.807, 2.05) is 13.0 Å². The maximum atomic E-state index is 12.1. The van der Waals surface area contributed by atoms with Crippen molar-refractivity contribution in [3.8, 4) is 0 Å². The lowest BCUT2D eigenvalue weighted by molar-refractivity contribution is -0.144. The summed E-state index contributed by atoms with van der Waals surface area (Å²) in [6, 6.07) is 3.67. The van der Waals surface area contributed by atoms with Gasteiger partial charge < -0.3 is 10.0 Å². The standard InChI is InChI=1S/C14H21ClN2O3S/c1-4-7-14(2,13(19)20)16-8-12(18)17(3)9-10-5-6-11(15)21-10/h5-6,16H,4,7-9H2,1-3H3,(H,19,20). The van der Waals surface area contributed by atoms with Crippen LogP contribution in [0.4, 0.5) is 0 Å². The summed E-state index contributed by atoms with van der Waals surface area (Å²) in [5.74, 6) is -1.09. The van der Waals surface area contributed by atoms with Crippen LogP contribution in [0.25, 0.3) is 0 Å². The molecule has 2 N–H and O–H groups in total. The minimum absolute atomic E-state index is 0.00158. The number of carboxylic acids is 1. The summed E-state index contributed by atoms with van der Waals surface area (Å²) < 4.78 is 0.686. The molecule has 1 heterocycles. The molecule has 118 valence electrons. The smallest absolute Gasteiger partial charge is 0.323 e. The number of rotatable bonds is 8. The first-order valence-corrected chi connectivity index (χ1v) is 7.94. The Kier molecular flexibility index (Phi) is 6.64. The summed E-state index contributed by atoms with van der Waals surface area (Å²) in [7, 11) is 1.69. The number of hydrogen-bond donors (Lipinski definition) is 2. The molecule has 0 aromatic carbocycles. The fraction of sp³-hybridized carbons (Fsp3) is 0.571. The molecule has 0 aliphatic carbocycles. The average Bonchev–Trinajstić information content (AvgIpc) is 2.81. The number of likely N-dealkylation sites (N-methyl/N-ethyl adjacent to an activating group) is 1. The van der Waals surface area contributed by atoms with Gasteiger partial charge in [0.25, 0.3) is 0 Å². The molecule has 0 aliphatic rings. The van der Waals surface area contributed by atoms with Gasteiger partial charge >= 0.3 is 5.97 Å². The summed E-state index contributed by atoms with van der Waals surface area (Å²) in [5, 5.41) is 12.1. The quantitative estimate of drug-likeness (QED) is 0.767. The molecule has 7 heteroatoms. The largest absolute Gasteiger partial charge is 0.480 e. The number of carbonyl (C=O) groups excluding carboxylic acids is 1. The summed E-state index contributed by atoms with van der Waals surface area (Å²) in [5.41, 5.74) is -1.07. The molecule has 0 saturated heterocycles.